The van der Waals surface area contributed by atoms with Gasteiger partial charge in [0, 0.05) is 23.6 Å². The van der Waals surface area contributed by atoms with Crippen LogP contribution in [0.4, 0.5) is 0 Å². The molecule has 0 bridgehead atoms. The topological polar surface area (TPSA) is 49.7 Å². The maximum absolute atomic E-state index is 10.3. The van der Waals surface area contributed by atoms with E-state index < -0.39 is 0 Å². The zero-order valence-corrected chi connectivity index (χ0v) is 13.0. The number of phenolic OH excluding ortho intramolecular Hbond substituents is 2. The summed E-state index contributed by atoms with van der Waals surface area (Å²) in [4.78, 5) is 0. The van der Waals surface area contributed by atoms with Gasteiger partial charge < -0.3 is 14.9 Å². The number of rotatable bonds is 4. The van der Waals surface area contributed by atoms with Crippen molar-refractivity contribution in [3.8, 4) is 17.2 Å². The number of aromatic hydroxyl groups is 2. The Kier molecular flexibility index (Phi) is 4.61. The van der Waals surface area contributed by atoms with Gasteiger partial charge in [-0.1, -0.05) is 23.8 Å². The van der Waals surface area contributed by atoms with E-state index in [1.54, 1.807) is 12.1 Å². The molecule has 3 nitrogen and oxygen atoms in total. The van der Waals surface area contributed by atoms with Crippen LogP contribution in [-0.4, -0.2) is 16.8 Å². The standard InChI is InChI=1S/C18H24O3/c1-5-21-13-9-16(19)18(17(20)10-13)15-8-12(4)6-7-14(15)11(2)3/h8-10,14-15,19-20H,2,5-7H2,1,3-4H3/t14-,15+/m0/s1. The molecule has 114 valence electrons. The first-order valence-corrected chi connectivity index (χ1v) is 7.45. The fraction of sp³-hybridized carbons (Fsp3) is 0.444. The highest BCUT2D eigenvalue weighted by Gasteiger charge is 2.30. The number of phenols is 2. The molecule has 2 atom stereocenters. The van der Waals surface area contributed by atoms with Crippen molar-refractivity contribution >= 4 is 0 Å². The number of hydrogen-bond donors (Lipinski definition) is 2. The summed E-state index contributed by atoms with van der Waals surface area (Å²) in [6.07, 6.45) is 4.17. The molecule has 3 heteroatoms. The van der Waals surface area contributed by atoms with E-state index in [9.17, 15) is 10.2 Å². The average Bonchev–Trinajstić information content (AvgIpc) is 2.38. The van der Waals surface area contributed by atoms with Gasteiger partial charge in [-0.15, -0.1) is 0 Å². The lowest BCUT2D eigenvalue weighted by molar-refractivity contribution is 0.332. The molecule has 1 aliphatic carbocycles. The van der Waals surface area contributed by atoms with Crippen LogP contribution >= 0.6 is 0 Å². The van der Waals surface area contributed by atoms with Crippen LogP contribution in [0.3, 0.4) is 0 Å². The first-order chi connectivity index (χ1) is 9.93. The van der Waals surface area contributed by atoms with E-state index in [2.05, 4.69) is 19.6 Å². The van der Waals surface area contributed by atoms with Crippen molar-refractivity contribution in [3.63, 3.8) is 0 Å². The maximum Gasteiger partial charge on any atom is 0.126 e. The highest BCUT2D eigenvalue weighted by molar-refractivity contribution is 5.53. The van der Waals surface area contributed by atoms with E-state index in [4.69, 9.17) is 4.74 Å². The Labute approximate surface area is 126 Å². The quantitative estimate of drug-likeness (QED) is 0.801. The summed E-state index contributed by atoms with van der Waals surface area (Å²) in [5.74, 6) is 0.858. The highest BCUT2D eigenvalue weighted by atomic mass is 16.5. The van der Waals surface area contributed by atoms with E-state index in [1.807, 2.05) is 13.8 Å². The maximum atomic E-state index is 10.3. The minimum absolute atomic E-state index is 0.0353. The van der Waals surface area contributed by atoms with Crippen molar-refractivity contribution in [1.82, 2.24) is 0 Å². The molecule has 1 aromatic rings. The van der Waals surface area contributed by atoms with Gasteiger partial charge in [0.25, 0.3) is 0 Å². The molecule has 0 saturated heterocycles. The van der Waals surface area contributed by atoms with E-state index in [0.29, 0.717) is 17.9 Å². The van der Waals surface area contributed by atoms with Crippen molar-refractivity contribution in [2.75, 3.05) is 6.61 Å². The summed E-state index contributed by atoms with van der Waals surface area (Å²) in [5, 5.41) is 20.7. The largest absolute Gasteiger partial charge is 0.507 e. The monoisotopic (exact) mass is 288 g/mol. The fourth-order valence-corrected chi connectivity index (χ4v) is 3.10. The van der Waals surface area contributed by atoms with Gasteiger partial charge in [0.15, 0.2) is 0 Å². The summed E-state index contributed by atoms with van der Waals surface area (Å²) in [5.41, 5.74) is 2.94. The Morgan fingerprint density at radius 1 is 1.33 bits per heavy atom. The number of ether oxygens (including phenoxy) is 1. The van der Waals surface area contributed by atoms with E-state index in [-0.39, 0.29) is 23.3 Å². The second kappa shape index (κ2) is 6.25. The molecule has 2 N–H and O–H groups in total. The predicted octanol–water partition coefficient (Wildman–Crippen LogP) is 4.51. The average molecular weight is 288 g/mol. The number of benzene rings is 1. The van der Waals surface area contributed by atoms with Gasteiger partial charge in [-0.2, -0.15) is 0 Å². The van der Waals surface area contributed by atoms with Crippen molar-refractivity contribution < 1.29 is 14.9 Å². The second-order valence-electron chi connectivity index (χ2n) is 5.84. The molecular formula is C18H24O3. The van der Waals surface area contributed by atoms with Gasteiger partial charge in [-0.05, 0) is 39.5 Å². The first kappa shape index (κ1) is 15.5. The number of allylic oxidation sites excluding steroid dienone is 3. The minimum Gasteiger partial charge on any atom is -0.507 e. The normalized spacial score (nSPS) is 21.8. The Morgan fingerprint density at radius 2 is 1.95 bits per heavy atom. The lowest BCUT2D eigenvalue weighted by Gasteiger charge is -2.31. The van der Waals surface area contributed by atoms with Crippen LogP contribution in [0.5, 0.6) is 17.2 Å². The van der Waals surface area contributed by atoms with Crippen LogP contribution in [0.2, 0.25) is 0 Å². The highest BCUT2D eigenvalue weighted by Crippen LogP contribution is 2.47. The molecule has 0 aromatic heterocycles. The molecule has 0 amide bonds. The molecule has 0 heterocycles. The summed E-state index contributed by atoms with van der Waals surface area (Å²) >= 11 is 0. The number of hydrogen-bond acceptors (Lipinski definition) is 3. The molecule has 0 fully saturated rings. The van der Waals surface area contributed by atoms with E-state index in [0.717, 1.165) is 18.4 Å². The Bertz CT molecular complexity index is 549. The third-order valence-electron chi connectivity index (χ3n) is 4.13. The molecule has 0 spiro atoms. The zero-order chi connectivity index (χ0) is 15.6. The lowest BCUT2D eigenvalue weighted by Crippen LogP contribution is -2.17. The molecular weight excluding hydrogens is 264 g/mol. The van der Waals surface area contributed by atoms with Crippen LogP contribution in [0, 0.1) is 5.92 Å². The van der Waals surface area contributed by atoms with Gasteiger partial charge in [0.1, 0.15) is 17.2 Å². The van der Waals surface area contributed by atoms with Crippen molar-refractivity contribution in [2.45, 2.75) is 39.5 Å². The van der Waals surface area contributed by atoms with Crippen molar-refractivity contribution in [2.24, 2.45) is 5.92 Å². The minimum atomic E-state index is -0.0353. The van der Waals surface area contributed by atoms with Crippen LogP contribution in [0.25, 0.3) is 0 Å². The molecule has 2 rings (SSSR count). The van der Waals surface area contributed by atoms with Gasteiger partial charge in [-0.3, -0.25) is 0 Å². The molecule has 21 heavy (non-hydrogen) atoms. The van der Waals surface area contributed by atoms with Gasteiger partial charge in [0.05, 0.1) is 6.61 Å². The SMILES string of the molecule is C=C(C)[C@@H]1CCC(C)=C[C@H]1c1c(O)cc(OCC)cc1O. The first-order valence-electron chi connectivity index (χ1n) is 7.45. The summed E-state index contributed by atoms with van der Waals surface area (Å²) < 4.78 is 5.35. The Balaban J connectivity index is 2.48. The molecule has 1 aromatic carbocycles. The third-order valence-corrected chi connectivity index (χ3v) is 4.13. The summed E-state index contributed by atoms with van der Waals surface area (Å²) in [6, 6.07) is 3.15. The molecule has 0 aliphatic heterocycles. The van der Waals surface area contributed by atoms with Crippen LogP contribution < -0.4 is 4.74 Å². The molecule has 0 saturated carbocycles. The molecule has 0 unspecified atom stereocenters. The Hall–Kier alpha value is -1.90. The third kappa shape index (κ3) is 3.23. The lowest BCUT2D eigenvalue weighted by atomic mass is 9.74. The molecule has 0 radical (unpaired) electrons. The van der Waals surface area contributed by atoms with Crippen LogP contribution in [0.15, 0.2) is 35.9 Å². The van der Waals surface area contributed by atoms with Gasteiger partial charge >= 0.3 is 0 Å². The van der Waals surface area contributed by atoms with Crippen LogP contribution in [0.1, 0.15) is 45.1 Å². The van der Waals surface area contributed by atoms with Gasteiger partial charge in [0.2, 0.25) is 0 Å². The predicted molar refractivity (Wildman–Crippen MR) is 85.0 cm³/mol. The van der Waals surface area contributed by atoms with Crippen molar-refractivity contribution in [3.05, 3.63) is 41.5 Å². The molecule has 1 aliphatic rings. The smallest absolute Gasteiger partial charge is 0.126 e. The van der Waals surface area contributed by atoms with Crippen molar-refractivity contribution in [1.29, 1.82) is 0 Å². The Morgan fingerprint density at radius 3 is 2.48 bits per heavy atom. The van der Waals surface area contributed by atoms with Crippen LogP contribution in [-0.2, 0) is 0 Å². The second-order valence-corrected chi connectivity index (χ2v) is 5.84. The summed E-state index contributed by atoms with van der Waals surface area (Å²) in [6.45, 7) is 10.5. The van der Waals surface area contributed by atoms with Gasteiger partial charge in [-0.25, -0.2) is 0 Å². The summed E-state index contributed by atoms with van der Waals surface area (Å²) in [7, 11) is 0. The zero-order valence-electron chi connectivity index (χ0n) is 13.0. The van der Waals surface area contributed by atoms with E-state index in [1.165, 1.54) is 5.57 Å². The fourth-order valence-electron chi connectivity index (χ4n) is 3.10. The van der Waals surface area contributed by atoms with E-state index >= 15 is 0 Å².